The molecule has 0 aliphatic rings. The topological polar surface area (TPSA) is 75.7 Å². The number of halogens is 1. The van der Waals surface area contributed by atoms with E-state index in [2.05, 4.69) is 0 Å². The Hall–Kier alpha value is -1.11. The van der Waals surface area contributed by atoms with Crippen molar-refractivity contribution in [3.05, 3.63) is 24.0 Å². The van der Waals surface area contributed by atoms with Crippen molar-refractivity contribution >= 4 is 18.3 Å². The number of hydrogen-bond acceptors (Lipinski definition) is 4. The Kier molecular flexibility index (Phi) is 4.05. The highest BCUT2D eigenvalue weighted by molar-refractivity contribution is 6.60. The third kappa shape index (κ3) is 3.22. The maximum atomic E-state index is 13.0. The molecule has 0 amide bonds. The minimum Gasteiger partial charge on any atom is -0.423 e. The fourth-order valence-corrected chi connectivity index (χ4v) is 1.21. The summed E-state index contributed by atoms with van der Waals surface area (Å²) in [6.07, 6.45) is 0. The molecular weight excluding hydrogens is 236 g/mol. The Morgan fingerprint density at radius 1 is 1.28 bits per heavy atom. The fraction of sp³-hybridized carbons (Fsp3) is 0.500. The summed E-state index contributed by atoms with van der Waals surface area (Å²) in [5, 5.41) is 19.8. The average Bonchev–Trinajstić information content (AvgIpc) is 2.19. The van der Waals surface area contributed by atoms with Crippen molar-refractivity contribution in [2.75, 3.05) is 5.73 Å². The Morgan fingerprint density at radius 3 is 2.28 bits per heavy atom. The van der Waals surface area contributed by atoms with E-state index in [-0.39, 0.29) is 5.69 Å². The smallest absolute Gasteiger partial charge is 0.423 e. The number of aliphatic hydroxyl groups is 1. The quantitative estimate of drug-likeness (QED) is 0.545. The molecule has 18 heavy (non-hydrogen) atoms. The third-order valence-corrected chi connectivity index (χ3v) is 3.18. The molecule has 0 saturated carbocycles. The lowest BCUT2D eigenvalue weighted by Gasteiger charge is -2.38. The van der Waals surface area contributed by atoms with Gasteiger partial charge in [0.15, 0.2) is 0 Å². The van der Waals surface area contributed by atoms with Gasteiger partial charge in [-0.05, 0) is 45.3 Å². The maximum Gasteiger partial charge on any atom is 0.491 e. The lowest BCUT2D eigenvalue weighted by molar-refractivity contribution is -0.0982. The second kappa shape index (κ2) is 4.88. The molecule has 0 atom stereocenters. The van der Waals surface area contributed by atoms with E-state index in [1.165, 1.54) is 12.1 Å². The van der Waals surface area contributed by atoms with Crippen LogP contribution in [-0.4, -0.2) is 28.5 Å². The van der Waals surface area contributed by atoms with Crippen LogP contribution in [-0.2, 0) is 4.65 Å². The van der Waals surface area contributed by atoms with Crippen molar-refractivity contribution in [2.24, 2.45) is 0 Å². The molecule has 6 heteroatoms. The Balaban J connectivity index is 2.89. The molecule has 0 saturated heterocycles. The molecule has 0 aromatic heterocycles. The van der Waals surface area contributed by atoms with Crippen molar-refractivity contribution in [1.29, 1.82) is 0 Å². The van der Waals surface area contributed by atoms with E-state index in [4.69, 9.17) is 10.4 Å². The first-order valence-electron chi connectivity index (χ1n) is 5.68. The van der Waals surface area contributed by atoms with Gasteiger partial charge in [0.05, 0.1) is 16.9 Å². The van der Waals surface area contributed by atoms with Gasteiger partial charge >= 0.3 is 7.12 Å². The molecule has 0 bridgehead atoms. The molecule has 1 aromatic carbocycles. The van der Waals surface area contributed by atoms with Gasteiger partial charge in [0.25, 0.3) is 0 Å². The summed E-state index contributed by atoms with van der Waals surface area (Å²) in [6.45, 7) is 6.48. The molecule has 0 radical (unpaired) electrons. The van der Waals surface area contributed by atoms with Crippen molar-refractivity contribution in [1.82, 2.24) is 0 Å². The second-order valence-corrected chi connectivity index (χ2v) is 5.32. The Bertz CT molecular complexity index is 432. The number of benzene rings is 1. The molecule has 0 fully saturated rings. The van der Waals surface area contributed by atoms with Crippen molar-refractivity contribution in [3.63, 3.8) is 0 Å². The number of anilines is 1. The van der Waals surface area contributed by atoms with E-state index < -0.39 is 24.1 Å². The molecule has 100 valence electrons. The van der Waals surface area contributed by atoms with Gasteiger partial charge in [-0.15, -0.1) is 0 Å². The van der Waals surface area contributed by atoms with Crippen molar-refractivity contribution in [3.8, 4) is 0 Å². The zero-order valence-electron chi connectivity index (χ0n) is 11.1. The van der Waals surface area contributed by atoms with E-state index in [9.17, 15) is 14.5 Å². The number of nitrogen functional groups attached to an aromatic ring is 1. The van der Waals surface area contributed by atoms with Crippen LogP contribution in [0.1, 0.15) is 27.7 Å². The molecule has 0 heterocycles. The Morgan fingerprint density at radius 2 is 1.83 bits per heavy atom. The van der Waals surface area contributed by atoms with E-state index in [1.807, 2.05) is 0 Å². The van der Waals surface area contributed by atoms with Crippen LogP contribution in [0.4, 0.5) is 10.1 Å². The summed E-state index contributed by atoms with van der Waals surface area (Å²) in [4.78, 5) is 0. The van der Waals surface area contributed by atoms with Gasteiger partial charge in [0.1, 0.15) is 5.82 Å². The van der Waals surface area contributed by atoms with Gasteiger partial charge in [-0.1, -0.05) is 6.07 Å². The SMILES string of the molecule is CC(C)(O)C(C)(C)OB(O)c1ccc(F)c(N)c1. The van der Waals surface area contributed by atoms with Crippen molar-refractivity contribution in [2.45, 2.75) is 38.9 Å². The number of rotatable bonds is 4. The monoisotopic (exact) mass is 255 g/mol. The standard InChI is InChI=1S/C12H19BFNO3/c1-11(2,16)12(3,4)18-13(17)8-5-6-9(14)10(15)7-8/h5-7,16-17H,15H2,1-4H3. The maximum absolute atomic E-state index is 13.0. The molecule has 4 N–H and O–H groups in total. The van der Waals surface area contributed by atoms with E-state index in [0.29, 0.717) is 5.46 Å². The largest absolute Gasteiger partial charge is 0.491 e. The van der Waals surface area contributed by atoms with Gasteiger partial charge in [0, 0.05) is 0 Å². The molecule has 0 aliphatic heterocycles. The first kappa shape index (κ1) is 15.0. The van der Waals surface area contributed by atoms with Gasteiger partial charge in [-0.2, -0.15) is 0 Å². The summed E-state index contributed by atoms with van der Waals surface area (Å²) >= 11 is 0. The molecule has 1 aromatic rings. The van der Waals surface area contributed by atoms with Crippen molar-refractivity contribution < 1.29 is 19.2 Å². The second-order valence-electron chi connectivity index (χ2n) is 5.32. The molecular formula is C12H19BFNO3. The predicted molar refractivity (Wildman–Crippen MR) is 69.9 cm³/mol. The molecule has 0 spiro atoms. The third-order valence-electron chi connectivity index (χ3n) is 3.18. The molecule has 1 rings (SSSR count). The summed E-state index contributed by atoms with van der Waals surface area (Å²) in [5.74, 6) is -0.548. The normalized spacial score (nSPS) is 12.6. The van der Waals surface area contributed by atoms with Gasteiger partial charge in [-0.3, -0.25) is 0 Å². The molecule has 4 nitrogen and oxygen atoms in total. The molecule has 0 unspecified atom stereocenters. The summed E-state index contributed by atoms with van der Waals surface area (Å²) in [6, 6.07) is 3.85. The van der Waals surface area contributed by atoms with Crippen LogP contribution >= 0.6 is 0 Å². The highest BCUT2D eigenvalue weighted by Gasteiger charge is 2.39. The highest BCUT2D eigenvalue weighted by Crippen LogP contribution is 2.25. The van der Waals surface area contributed by atoms with Crippen LogP contribution in [0.15, 0.2) is 18.2 Å². The summed E-state index contributed by atoms with van der Waals surface area (Å²) in [7, 11) is -1.28. The van der Waals surface area contributed by atoms with Crippen LogP contribution < -0.4 is 11.2 Å². The van der Waals surface area contributed by atoms with Crippen LogP contribution in [0.5, 0.6) is 0 Å². The van der Waals surface area contributed by atoms with Crippen LogP contribution in [0.2, 0.25) is 0 Å². The first-order valence-corrected chi connectivity index (χ1v) is 5.68. The van der Waals surface area contributed by atoms with E-state index >= 15 is 0 Å². The predicted octanol–water partition coefficient (Wildman–Crippen LogP) is 0.661. The lowest BCUT2D eigenvalue weighted by Crippen LogP contribution is -2.53. The number of hydrogen-bond donors (Lipinski definition) is 3. The summed E-state index contributed by atoms with van der Waals surface area (Å²) in [5.41, 5.74) is 3.58. The minimum atomic E-state index is -1.28. The highest BCUT2D eigenvalue weighted by atomic mass is 19.1. The van der Waals surface area contributed by atoms with Crippen LogP contribution in [0.25, 0.3) is 0 Å². The molecule has 0 aliphatic carbocycles. The van der Waals surface area contributed by atoms with Crippen LogP contribution in [0, 0.1) is 5.82 Å². The minimum absolute atomic E-state index is 0.0591. The summed E-state index contributed by atoms with van der Waals surface area (Å²) < 4.78 is 18.4. The fourth-order valence-electron chi connectivity index (χ4n) is 1.21. The van der Waals surface area contributed by atoms with Gasteiger partial charge < -0.3 is 20.5 Å². The number of nitrogens with two attached hydrogens (primary N) is 1. The van der Waals surface area contributed by atoms with E-state index in [0.717, 1.165) is 6.07 Å². The first-order chi connectivity index (χ1) is 8.04. The zero-order chi connectivity index (χ0) is 14.1. The lowest BCUT2D eigenvalue weighted by atomic mass is 9.76. The van der Waals surface area contributed by atoms with Crippen LogP contribution in [0.3, 0.4) is 0 Å². The Labute approximate surface area is 107 Å². The zero-order valence-corrected chi connectivity index (χ0v) is 11.1. The van der Waals surface area contributed by atoms with Gasteiger partial charge in [-0.25, -0.2) is 4.39 Å². The van der Waals surface area contributed by atoms with Gasteiger partial charge in [0.2, 0.25) is 0 Å². The average molecular weight is 255 g/mol. The van der Waals surface area contributed by atoms with E-state index in [1.54, 1.807) is 27.7 Å².